The second-order valence-electron chi connectivity index (χ2n) is 5.07. The lowest BCUT2D eigenvalue weighted by molar-refractivity contribution is 0.153. The summed E-state index contributed by atoms with van der Waals surface area (Å²) < 4.78 is 0. The van der Waals surface area contributed by atoms with Crippen LogP contribution in [0.3, 0.4) is 0 Å². The topological polar surface area (TPSA) is 18.5 Å². The van der Waals surface area contributed by atoms with Crippen molar-refractivity contribution in [2.75, 3.05) is 31.5 Å². The number of fused-ring (bicyclic) bond motifs is 1. The first-order chi connectivity index (χ1) is 8.83. The average Bonchev–Trinajstić information content (AvgIpc) is 2.87. The molecule has 2 fully saturated rings. The third kappa shape index (κ3) is 2.49. The molecule has 3 nitrogen and oxygen atoms in total. The SMILES string of the molecule is S=C(Nc1ccccc1)N1CCN2CCCC2C1. The highest BCUT2D eigenvalue weighted by atomic mass is 32.1. The van der Waals surface area contributed by atoms with E-state index in [0.717, 1.165) is 30.4 Å². The minimum absolute atomic E-state index is 0.717. The molecule has 2 saturated heterocycles. The van der Waals surface area contributed by atoms with Gasteiger partial charge in [-0.25, -0.2) is 0 Å². The summed E-state index contributed by atoms with van der Waals surface area (Å²) in [5.74, 6) is 0. The van der Waals surface area contributed by atoms with E-state index in [9.17, 15) is 0 Å². The van der Waals surface area contributed by atoms with Crippen molar-refractivity contribution in [1.82, 2.24) is 9.80 Å². The number of nitrogens with one attached hydrogen (secondary N) is 1. The van der Waals surface area contributed by atoms with Crippen LogP contribution in [0.25, 0.3) is 0 Å². The molecule has 0 saturated carbocycles. The van der Waals surface area contributed by atoms with Gasteiger partial charge in [0.05, 0.1) is 0 Å². The molecule has 4 heteroatoms. The van der Waals surface area contributed by atoms with Crippen LogP contribution in [0.2, 0.25) is 0 Å². The maximum atomic E-state index is 5.51. The van der Waals surface area contributed by atoms with Gasteiger partial charge in [0.15, 0.2) is 5.11 Å². The van der Waals surface area contributed by atoms with E-state index < -0.39 is 0 Å². The minimum Gasteiger partial charge on any atom is -0.346 e. The van der Waals surface area contributed by atoms with E-state index in [4.69, 9.17) is 12.2 Å². The van der Waals surface area contributed by atoms with Crippen LogP contribution in [0, 0.1) is 0 Å². The molecule has 0 aliphatic carbocycles. The van der Waals surface area contributed by atoms with E-state index in [1.165, 1.54) is 19.4 Å². The average molecular weight is 261 g/mol. The number of anilines is 1. The number of para-hydroxylation sites is 1. The van der Waals surface area contributed by atoms with Crippen LogP contribution in [0.4, 0.5) is 5.69 Å². The van der Waals surface area contributed by atoms with Crippen molar-refractivity contribution in [1.29, 1.82) is 0 Å². The standard InChI is InChI=1S/C14H19N3S/c18-14(15-12-5-2-1-3-6-12)17-10-9-16-8-4-7-13(16)11-17/h1-3,5-6,13H,4,7-11H2,(H,15,18). The Morgan fingerprint density at radius 1 is 1.17 bits per heavy atom. The summed E-state index contributed by atoms with van der Waals surface area (Å²) in [7, 11) is 0. The van der Waals surface area contributed by atoms with Gasteiger partial charge in [-0.15, -0.1) is 0 Å². The fourth-order valence-corrected chi connectivity index (χ4v) is 3.18. The first kappa shape index (κ1) is 11.9. The van der Waals surface area contributed by atoms with Crippen LogP contribution < -0.4 is 5.32 Å². The van der Waals surface area contributed by atoms with Crippen molar-refractivity contribution in [3.63, 3.8) is 0 Å². The second kappa shape index (κ2) is 5.24. The van der Waals surface area contributed by atoms with Crippen LogP contribution >= 0.6 is 12.2 Å². The molecule has 0 bridgehead atoms. The molecule has 0 aromatic heterocycles. The van der Waals surface area contributed by atoms with E-state index in [1.54, 1.807) is 0 Å². The van der Waals surface area contributed by atoms with Crippen LogP contribution in [0.15, 0.2) is 30.3 Å². The maximum Gasteiger partial charge on any atom is 0.173 e. The van der Waals surface area contributed by atoms with E-state index >= 15 is 0 Å². The van der Waals surface area contributed by atoms with Gasteiger partial charge in [-0.05, 0) is 43.7 Å². The summed E-state index contributed by atoms with van der Waals surface area (Å²) in [6.07, 6.45) is 2.67. The Morgan fingerprint density at radius 2 is 2.00 bits per heavy atom. The molecule has 1 aromatic carbocycles. The Hall–Kier alpha value is -1.13. The highest BCUT2D eigenvalue weighted by Gasteiger charge is 2.31. The lowest BCUT2D eigenvalue weighted by Gasteiger charge is -2.38. The number of rotatable bonds is 1. The lowest BCUT2D eigenvalue weighted by atomic mass is 10.2. The number of hydrogen-bond donors (Lipinski definition) is 1. The smallest absolute Gasteiger partial charge is 0.173 e. The van der Waals surface area contributed by atoms with Gasteiger partial charge in [-0.2, -0.15) is 0 Å². The van der Waals surface area contributed by atoms with Gasteiger partial charge in [0, 0.05) is 31.4 Å². The van der Waals surface area contributed by atoms with Gasteiger partial charge < -0.3 is 10.2 Å². The van der Waals surface area contributed by atoms with Gasteiger partial charge in [0.25, 0.3) is 0 Å². The van der Waals surface area contributed by atoms with Crippen molar-refractivity contribution in [3.05, 3.63) is 30.3 Å². The van der Waals surface area contributed by atoms with Gasteiger partial charge in [-0.1, -0.05) is 18.2 Å². The van der Waals surface area contributed by atoms with Crippen molar-refractivity contribution in [3.8, 4) is 0 Å². The summed E-state index contributed by atoms with van der Waals surface area (Å²) in [6, 6.07) is 10.9. The fourth-order valence-electron chi connectivity index (χ4n) is 2.90. The highest BCUT2D eigenvalue weighted by Crippen LogP contribution is 2.22. The summed E-state index contributed by atoms with van der Waals surface area (Å²) in [4.78, 5) is 4.91. The second-order valence-corrected chi connectivity index (χ2v) is 5.46. The van der Waals surface area contributed by atoms with Gasteiger partial charge in [0.2, 0.25) is 0 Å². The van der Waals surface area contributed by atoms with Crippen LogP contribution in [0.5, 0.6) is 0 Å². The van der Waals surface area contributed by atoms with Crippen LogP contribution in [0.1, 0.15) is 12.8 Å². The number of thiocarbonyl (C=S) groups is 1. The molecule has 2 heterocycles. The Morgan fingerprint density at radius 3 is 2.83 bits per heavy atom. The van der Waals surface area contributed by atoms with E-state index in [1.807, 2.05) is 18.2 Å². The Bertz CT molecular complexity index is 420. The summed E-state index contributed by atoms with van der Waals surface area (Å²) in [6.45, 7) is 4.56. The Kier molecular flexibility index (Phi) is 3.48. The molecule has 1 aromatic rings. The van der Waals surface area contributed by atoms with Crippen molar-refractivity contribution in [2.24, 2.45) is 0 Å². The molecule has 2 aliphatic heterocycles. The summed E-state index contributed by atoms with van der Waals surface area (Å²) in [5.41, 5.74) is 1.08. The van der Waals surface area contributed by atoms with Gasteiger partial charge in [-0.3, -0.25) is 4.90 Å². The highest BCUT2D eigenvalue weighted by molar-refractivity contribution is 7.80. The molecule has 18 heavy (non-hydrogen) atoms. The first-order valence-corrected chi connectivity index (χ1v) is 7.09. The number of nitrogens with zero attached hydrogens (tertiary/aromatic N) is 2. The van der Waals surface area contributed by atoms with Gasteiger partial charge in [0.1, 0.15) is 0 Å². The predicted molar refractivity (Wildman–Crippen MR) is 78.8 cm³/mol. The number of piperazine rings is 1. The molecule has 1 unspecified atom stereocenters. The van der Waals surface area contributed by atoms with Crippen LogP contribution in [-0.2, 0) is 0 Å². The normalized spacial score (nSPS) is 23.8. The minimum atomic E-state index is 0.717. The Balaban J connectivity index is 1.60. The zero-order valence-corrected chi connectivity index (χ0v) is 11.3. The monoisotopic (exact) mass is 261 g/mol. The molecule has 0 radical (unpaired) electrons. The Labute approximate surface area is 114 Å². The molecular weight excluding hydrogens is 242 g/mol. The molecule has 2 aliphatic rings. The quantitative estimate of drug-likeness (QED) is 0.781. The zero-order chi connectivity index (χ0) is 12.4. The third-order valence-electron chi connectivity index (χ3n) is 3.90. The predicted octanol–water partition coefficient (Wildman–Crippen LogP) is 2.16. The van der Waals surface area contributed by atoms with Crippen molar-refractivity contribution < 1.29 is 0 Å². The molecule has 1 atom stereocenters. The first-order valence-electron chi connectivity index (χ1n) is 6.68. The number of hydrogen-bond acceptors (Lipinski definition) is 2. The summed E-state index contributed by atoms with van der Waals surface area (Å²) >= 11 is 5.51. The van der Waals surface area contributed by atoms with E-state index in [2.05, 4.69) is 27.2 Å². The lowest BCUT2D eigenvalue weighted by Crippen LogP contribution is -2.53. The molecule has 96 valence electrons. The molecule has 0 spiro atoms. The van der Waals surface area contributed by atoms with Crippen molar-refractivity contribution >= 4 is 23.0 Å². The van der Waals surface area contributed by atoms with Crippen molar-refractivity contribution in [2.45, 2.75) is 18.9 Å². The zero-order valence-electron chi connectivity index (χ0n) is 10.5. The fraction of sp³-hybridized carbons (Fsp3) is 0.500. The van der Waals surface area contributed by atoms with E-state index in [0.29, 0.717) is 6.04 Å². The third-order valence-corrected chi connectivity index (χ3v) is 4.26. The molecule has 3 rings (SSSR count). The number of benzene rings is 1. The van der Waals surface area contributed by atoms with Gasteiger partial charge >= 0.3 is 0 Å². The largest absolute Gasteiger partial charge is 0.346 e. The molecular formula is C14H19N3S. The summed E-state index contributed by atoms with van der Waals surface area (Å²) in [5, 5.41) is 4.20. The van der Waals surface area contributed by atoms with Crippen LogP contribution in [-0.4, -0.2) is 47.1 Å². The molecule has 1 N–H and O–H groups in total. The maximum absolute atomic E-state index is 5.51. The molecule has 0 amide bonds. The van der Waals surface area contributed by atoms with E-state index in [-0.39, 0.29) is 0 Å².